The Bertz CT molecular complexity index is 1370. The lowest BCUT2D eigenvalue weighted by molar-refractivity contribution is -0.141. The van der Waals surface area contributed by atoms with Gasteiger partial charge in [0.1, 0.15) is 6.04 Å². The number of carbonyl (C=O) groups excluding carboxylic acids is 2. The Morgan fingerprint density at radius 2 is 1.46 bits per heavy atom. The van der Waals surface area contributed by atoms with Crippen LogP contribution in [0, 0.1) is 0 Å². The number of halogens is 2. The Kier molecular flexibility index (Phi) is 12.5. The number of nitrogens with one attached hydrogen (secondary N) is 1. The molecule has 0 saturated heterocycles. The van der Waals surface area contributed by atoms with Gasteiger partial charge in [0.05, 0.1) is 11.9 Å². The molecule has 10 heteroatoms. The number of carbonyl (C=O) groups is 2. The van der Waals surface area contributed by atoms with E-state index in [-0.39, 0.29) is 37.7 Å². The highest BCUT2D eigenvalue weighted by Gasteiger charge is 2.30. The number of nitrogens with zero attached hydrogens (tertiary/aromatic N) is 2. The van der Waals surface area contributed by atoms with Gasteiger partial charge in [-0.2, -0.15) is 0 Å². The van der Waals surface area contributed by atoms with E-state index in [4.69, 9.17) is 23.2 Å². The van der Waals surface area contributed by atoms with Crippen molar-refractivity contribution in [2.24, 2.45) is 0 Å². The fourth-order valence-electron chi connectivity index (χ4n) is 4.46. The molecule has 0 bridgehead atoms. The molecule has 41 heavy (non-hydrogen) atoms. The van der Waals surface area contributed by atoms with Crippen LogP contribution < -0.4 is 9.62 Å². The maximum Gasteiger partial charge on any atom is 0.243 e. The second-order valence-corrected chi connectivity index (χ2v) is 12.7. The third-order valence-corrected chi connectivity index (χ3v) is 8.33. The monoisotopic (exact) mass is 617 g/mol. The van der Waals surface area contributed by atoms with Gasteiger partial charge in [-0.3, -0.25) is 13.9 Å². The summed E-state index contributed by atoms with van der Waals surface area (Å²) in [6.07, 6.45) is 3.56. The second kappa shape index (κ2) is 15.8. The van der Waals surface area contributed by atoms with Crippen LogP contribution in [0.5, 0.6) is 0 Å². The molecule has 2 amide bonds. The van der Waals surface area contributed by atoms with Gasteiger partial charge in [-0.1, -0.05) is 79.0 Å². The molecule has 1 unspecified atom stereocenters. The van der Waals surface area contributed by atoms with Crippen molar-refractivity contribution >= 4 is 50.7 Å². The number of hydrogen-bond donors (Lipinski definition) is 1. The maximum atomic E-state index is 13.8. The molecule has 0 spiro atoms. The van der Waals surface area contributed by atoms with Crippen LogP contribution in [0.15, 0.2) is 78.9 Å². The molecule has 3 aromatic rings. The first kappa shape index (κ1) is 32.4. The van der Waals surface area contributed by atoms with E-state index in [1.165, 1.54) is 4.31 Å². The van der Waals surface area contributed by atoms with Crippen LogP contribution in [-0.2, 0) is 32.6 Å². The van der Waals surface area contributed by atoms with Gasteiger partial charge in [-0.15, -0.1) is 0 Å². The fourth-order valence-corrected chi connectivity index (χ4v) is 5.68. The Labute approximate surface area is 253 Å². The third kappa shape index (κ3) is 10.4. The van der Waals surface area contributed by atoms with E-state index >= 15 is 0 Å². The molecular formula is C31H37Cl2N3O4S. The zero-order valence-electron chi connectivity index (χ0n) is 23.4. The van der Waals surface area contributed by atoms with Crippen molar-refractivity contribution in [3.05, 3.63) is 100 Å². The molecule has 3 aromatic carbocycles. The first-order valence-electron chi connectivity index (χ1n) is 13.7. The summed E-state index contributed by atoms with van der Waals surface area (Å²) in [5.74, 6) is -0.459. The van der Waals surface area contributed by atoms with E-state index in [0.717, 1.165) is 30.2 Å². The van der Waals surface area contributed by atoms with Gasteiger partial charge in [0.2, 0.25) is 21.8 Å². The zero-order valence-corrected chi connectivity index (χ0v) is 25.8. The number of hydrogen-bond acceptors (Lipinski definition) is 4. The predicted octanol–water partition coefficient (Wildman–Crippen LogP) is 6.10. The topological polar surface area (TPSA) is 86.8 Å². The highest BCUT2D eigenvalue weighted by molar-refractivity contribution is 7.92. The van der Waals surface area contributed by atoms with Crippen molar-refractivity contribution < 1.29 is 18.0 Å². The average Bonchev–Trinajstić information content (AvgIpc) is 2.94. The number of unbranched alkanes of at least 4 members (excludes halogenated alkanes) is 1. The Hall–Kier alpha value is -3.07. The minimum atomic E-state index is -3.60. The molecule has 0 aromatic heterocycles. The minimum absolute atomic E-state index is 0.0563. The van der Waals surface area contributed by atoms with Gasteiger partial charge in [0.15, 0.2) is 0 Å². The summed E-state index contributed by atoms with van der Waals surface area (Å²) in [5.41, 5.74) is 2.24. The highest BCUT2D eigenvalue weighted by Crippen LogP contribution is 2.22. The lowest BCUT2D eigenvalue weighted by Gasteiger charge is -2.32. The van der Waals surface area contributed by atoms with Crippen LogP contribution in [0.4, 0.5) is 5.69 Å². The molecule has 7 nitrogen and oxygen atoms in total. The molecule has 0 fully saturated rings. The van der Waals surface area contributed by atoms with E-state index in [0.29, 0.717) is 28.7 Å². The standard InChI is InChI=1S/C31H37Cl2N3O4S/c1-3-4-20-34-31(38)29(22-24-9-6-5-7-10-24)35(23-25-12-14-26(32)15-13-25)30(37)11-8-21-36(41(2,39)40)28-18-16-27(33)17-19-28/h5-7,9-10,12-19,29H,3-4,8,11,20-23H2,1-2H3,(H,34,38). The third-order valence-electron chi connectivity index (χ3n) is 6.63. The first-order chi connectivity index (χ1) is 19.6. The molecule has 0 aliphatic carbocycles. The van der Waals surface area contributed by atoms with Gasteiger partial charge in [0.25, 0.3) is 0 Å². The van der Waals surface area contributed by atoms with Crippen LogP contribution in [0.3, 0.4) is 0 Å². The zero-order chi connectivity index (χ0) is 29.8. The predicted molar refractivity (Wildman–Crippen MR) is 167 cm³/mol. The smallest absolute Gasteiger partial charge is 0.243 e. The van der Waals surface area contributed by atoms with Crippen molar-refractivity contribution in [3.63, 3.8) is 0 Å². The number of anilines is 1. The van der Waals surface area contributed by atoms with Crippen molar-refractivity contribution in [2.75, 3.05) is 23.7 Å². The van der Waals surface area contributed by atoms with Gasteiger partial charge < -0.3 is 10.2 Å². The van der Waals surface area contributed by atoms with E-state index in [1.807, 2.05) is 49.4 Å². The quantitative estimate of drug-likeness (QED) is 0.209. The van der Waals surface area contributed by atoms with Crippen LogP contribution >= 0.6 is 23.2 Å². The van der Waals surface area contributed by atoms with Gasteiger partial charge in [-0.25, -0.2) is 8.42 Å². The molecule has 220 valence electrons. The van der Waals surface area contributed by atoms with E-state index in [2.05, 4.69) is 5.32 Å². The molecule has 0 aliphatic heterocycles. The lowest BCUT2D eigenvalue weighted by atomic mass is 10.0. The summed E-state index contributed by atoms with van der Waals surface area (Å²) in [6.45, 7) is 2.89. The Balaban J connectivity index is 1.86. The molecule has 0 aliphatic rings. The molecule has 3 rings (SSSR count). The molecule has 1 N–H and O–H groups in total. The Morgan fingerprint density at radius 1 is 0.854 bits per heavy atom. The van der Waals surface area contributed by atoms with Crippen LogP contribution in [0.2, 0.25) is 10.0 Å². The van der Waals surface area contributed by atoms with Gasteiger partial charge in [-0.05, 0) is 60.4 Å². The summed E-state index contributed by atoms with van der Waals surface area (Å²) in [7, 11) is -3.60. The summed E-state index contributed by atoms with van der Waals surface area (Å²) >= 11 is 12.1. The number of rotatable bonds is 15. The van der Waals surface area contributed by atoms with Gasteiger partial charge >= 0.3 is 0 Å². The van der Waals surface area contributed by atoms with Crippen molar-refractivity contribution in [1.82, 2.24) is 10.2 Å². The van der Waals surface area contributed by atoms with E-state index < -0.39 is 16.1 Å². The van der Waals surface area contributed by atoms with Gasteiger partial charge in [0, 0.05) is 42.5 Å². The highest BCUT2D eigenvalue weighted by atomic mass is 35.5. The summed E-state index contributed by atoms with van der Waals surface area (Å²) in [5, 5.41) is 4.08. The normalized spacial score (nSPS) is 12.0. The molecule has 0 saturated carbocycles. The van der Waals surface area contributed by atoms with E-state index in [9.17, 15) is 18.0 Å². The largest absolute Gasteiger partial charge is 0.354 e. The first-order valence-corrected chi connectivity index (χ1v) is 16.3. The van der Waals surface area contributed by atoms with Crippen LogP contribution in [0.25, 0.3) is 0 Å². The summed E-state index contributed by atoms with van der Waals surface area (Å²) in [4.78, 5) is 28.9. The summed E-state index contributed by atoms with van der Waals surface area (Å²) in [6, 6.07) is 22.5. The maximum absolute atomic E-state index is 13.8. The number of sulfonamides is 1. The average molecular weight is 619 g/mol. The SMILES string of the molecule is CCCCNC(=O)C(Cc1ccccc1)N(Cc1ccc(Cl)cc1)C(=O)CCCN(c1ccc(Cl)cc1)S(C)(=O)=O. The van der Waals surface area contributed by atoms with Crippen molar-refractivity contribution in [2.45, 2.75) is 51.6 Å². The lowest BCUT2D eigenvalue weighted by Crippen LogP contribution is -2.50. The number of benzene rings is 3. The summed E-state index contributed by atoms with van der Waals surface area (Å²) < 4.78 is 26.4. The molecule has 0 radical (unpaired) electrons. The Morgan fingerprint density at radius 3 is 2.05 bits per heavy atom. The molecular weight excluding hydrogens is 581 g/mol. The fraction of sp³-hybridized carbons (Fsp3) is 0.355. The van der Waals surface area contributed by atoms with Crippen molar-refractivity contribution in [3.8, 4) is 0 Å². The second-order valence-electron chi connectivity index (χ2n) is 9.91. The number of amides is 2. The molecule has 0 heterocycles. The van der Waals surface area contributed by atoms with Crippen LogP contribution in [0.1, 0.15) is 43.7 Å². The van der Waals surface area contributed by atoms with Crippen molar-refractivity contribution in [1.29, 1.82) is 0 Å². The minimum Gasteiger partial charge on any atom is -0.354 e. The molecule has 1 atom stereocenters. The van der Waals surface area contributed by atoms with Crippen LogP contribution in [-0.4, -0.2) is 50.5 Å². The van der Waals surface area contributed by atoms with E-state index in [1.54, 1.807) is 41.3 Å².